The van der Waals surface area contributed by atoms with Gasteiger partial charge in [-0.15, -0.1) is 0 Å². The Morgan fingerprint density at radius 2 is 2.25 bits per heavy atom. The molecule has 0 saturated carbocycles. The van der Waals surface area contributed by atoms with Gasteiger partial charge in [0.05, 0.1) is 0 Å². The lowest BCUT2D eigenvalue weighted by Crippen LogP contribution is -2.44. The zero-order valence-corrected chi connectivity index (χ0v) is 8.09. The van der Waals surface area contributed by atoms with E-state index in [1.165, 1.54) is 6.42 Å². The van der Waals surface area contributed by atoms with Gasteiger partial charge in [0.15, 0.2) is 0 Å². The fraction of sp³-hybridized carbons (Fsp3) is 0.875. The summed E-state index contributed by atoms with van der Waals surface area (Å²) in [5.41, 5.74) is 3.00. The summed E-state index contributed by atoms with van der Waals surface area (Å²) in [6, 6.07) is 0. The Balaban J connectivity index is 2.57. The highest BCUT2D eigenvalue weighted by Gasteiger charge is 2.30. The fourth-order valence-electron chi connectivity index (χ4n) is 1.59. The SMILES string of the molecule is CN=C(NN)N1CCC(C)(C)C1. The van der Waals surface area contributed by atoms with Gasteiger partial charge in [-0.1, -0.05) is 13.8 Å². The van der Waals surface area contributed by atoms with Crippen LogP contribution in [0.3, 0.4) is 0 Å². The van der Waals surface area contributed by atoms with E-state index in [0.717, 1.165) is 19.0 Å². The molecule has 1 aliphatic heterocycles. The molecule has 0 unspecified atom stereocenters. The lowest BCUT2D eigenvalue weighted by molar-refractivity contribution is 0.370. The van der Waals surface area contributed by atoms with Gasteiger partial charge in [0.1, 0.15) is 0 Å². The maximum Gasteiger partial charge on any atom is 0.208 e. The fourth-order valence-corrected chi connectivity index (χ4v) is 1.59. The molecule has 0 radical (unpaired) electrons. The second kappa shape index (κ2) is 3.31. The van der Waals surface area contributed by atoms with Crippen LogP contribution >= 0.6 is 0 Å². The molecule has 12 heavy (non-hydrogen) atoms. The first-order valence-corrected chi connectivity index (χ1v) is 4.27. The van der Waals surface area contributed by atoms with Crippen molar-refractivity contribution in [1.82, 2.24) is 10.3 Å². The quantitative estimate of drug-likeness (QED) is 0.236. The summed E-state index contributed by atoms with van der Waals surface area (Å²) in [5.74, 6) is 6.12. The summed E-state index contributed by atoms with van der Waals surface area (Å²) in [6.45, 7) is 6.60. The number of guanidine groups is 1. The predicted octanol–water partition coefficient (Wildman–Crippen LogP) is 0.167. The Kier molecular flexibility index (Phi) is 2.57. The number of hydrogen-bond acceptors (Lipinski definition) is 2. The smallest absolute Gasteiger partial charge is 0.208 e. The maximum absolute atomic E-state index is 5.33. The average molecular weight is 170 g/mol. The molecule has 0 aromatic rings. The topological polar surface area (TPSA) is 53.6 Å². The van der Waals surface area contributed by atoms with Gasteiger partial charge in [0.2, 0.25) is 5.96 Å². The molecule has 1 heterocycles. The van der Waals surface area contributed by atoms with Gasteiger partial charge >= 0.3 is 0 Å². The van der Waals surface area contributed by atoms with Crippen molar-refractivity contribution in [3.05, 3.63) is 0 Å². The number of aliphatic imine (C=N–C) groups is 1. The van der Waals surface area contributed by atoms with Crippen LogP contribution in [0.25, 0.3) is 0 Å². The normalized spacial score (nSPS) is 23.0. The minimum atomic E-state index is 0.396. The number of nitrogens with one attached hydrogen (secondary N) is 1. The third-order valence-corrected chi connectivity index (χ3v) is 2.32. The van der Waals surface area contributed by atoms with E-state index >= 15 is 0 Å². The Hall–Kier alpha value is -0.770. The van der Waals surface area contributed by atoms with E-state index in [1.54, 1.807) is 7.05 Å². The first-order chi connectivity index (χ1) is 5.59. The minimum absolute atomic E-state index is 0.396. The molecule has 70 valence electrons. The lowest BCUT2D eigenvalue weighted by Gasteiger charge is -2.21. The molecule has 0 aromatic heterocycles. The zero-order valence-electron chi connectivity index (χ0n) is 8.09. The van der Waals surface area contributed by atoms with Crippen molar-refractivity contribution in [2.45, 2.75) is 20.3 Å². The maximum atomic E-state index is 5.33. The standard InChI is InChI=1S/C8H18N4/c1-8(2)4-5-12(6-8)7(10-3)11-9/h4-6,9H2,1-3H3,(H,10,11). The molecule has 1 fully saturated rings. The Labute approximate surface area is 73.8 Å². The number of rotatable bonds is 0. The van der Waals surface area contributed by atoms with Crippen LogP contribution in [-0.2, 0) is 0 Å². The van der Waals surface area contributed by atoms with Crippen molar-refractivity contribution in [2.24, 2.45) is 16.3 Å². The molecule has 0 atom stereocenters. The van der Waals surface area contributed by atoms with Crippen molar-refractivity contribution in [2.75, 3.05) is 20.1 Å². The zero-order chi connectivity index (χ0) is 9.19. The molecular formula is C8H18N4. The molecule has 4 nitrogen and oxygen atoms in total. The summed E-state index contributed by atoms with van der Waals surface area (Å²) >= 11 is 0. The highest BCUT2D eigenvalue weighted by molar-refractivity contribution is 5.79. The first-order valence-electron chi connectivity index (χ1n) is 4.27. The Morgan fingerprint density at radius 1 is 1.58 bits per heavy atom. The molecule has 1 saturated heterocycles. The van der Waals surface area contributed by atoms with Crippen LogP contribution in [0.15, 0.2) is 4.99 Å². The van der Waals surface area contributed by atoms with E-state index in [2.05, 4.69) is 29.2 Å². The number of nitrogens with zero attached hydrogens (tertiary/aromatic N) is 2. The van der Waals surface area contributed by atoms with E-state index < -0.39 is 0 Å². The monoisotopic (exact) mass is 170 g/mol. The Morgan fingerprint density at radius 3 is 2.58 bits per heavy atom. The van der Waals surface area contributed by atoms with Crippen LogP contribution in [-0.4, -0.2) is 31.0 Å². The van der Waals surface area contributed by atoms with Crippen molar-refractivity contribution in [3.8, 4) is 0 Å². The summed E-state index contributed by atoms with van der Waals surface area (Å²) in [5, 5.41) is 0. The molecular weight excluding hydrogens is 152 g/mol. The minimum Gasteiger partial charge on any atom is -0.341 e. The summed E-state index contributed by atoms with van der Waals surface area (Å²) in [6.07, 6.45) is 1.20. The number of hydrazine groups is 1. The van der Waals surface area contributed by atoms with Crippen LogP contribution in [0.2, 0.25) is 0 Å². The highest BCUT2D eigenvalue weighted by Crippen LogP contribution is 2.28. The van der Waals surface area contributed by atoms with Gasteiger partial charge in [-0.25, -0.2) is 5.84 Å². The molecule has 0 spiro atoms. The second-order valence-electron chi connectivity index (χ2n) is 4.03. The Bertz CT molecular complexity index is 185. The molecule has 0 aromatic carbocycles. The molecule has 4 heteroatoms. The van der Waals surface area contributed by atoms with E-state index in [0.29, 0.717) is 5.41 Å². The number of likely N-dealkylation sites (tertiary alicyclic amines) is 1. The largest absolute Gasteiger partial charge is 0.341 e. The van der Waals surface area contributed by atoms with E-state index in [9.17, 15) is 0 Å². The summed E-state index contributed by atoms with van der Waals surface area (Å²) in [4.78, 5) is 6.24. The van der Waals surface area contributed by atoms with Gasteiger partial charge in [-0.3, -0.25) is 10.4 Å². The van der Waals surface area contributed by atoms with Gasteiger partial charge in [-0.05, 0) is 11.8 Å². The van der Waals surface area contributed by atoms with Crippen molar-refractivity contribution < 1.29 is 0 Å². The third kappa shape index (κ3) is 1.88. The van der Waals surface area contributed by atoms with Crippen molar-refractivity contribution in [1.29, 1.82) is 0 Å². The van der Waals surface area contributed by atoms with Crippen molar-refractivity contribution >= 4 is 5.96 Å². The number of nitrogens with two attached hydrogens (primary N) is 1. The molecule has 1 aliphatic rings. The lowest BCUT2D eigenvalue weighted by atomic mass is 9.93. The van der Waals surface area contributed by atoms with Gasteiger partial charge < -0.3 is 4.90 Å². The average Bonchev–Trinajstić information content (AvgIpc) is 2.34. The third-order valence-electron chi connectivity index (χ3n) is 2.32. The molecule has 0 amide bonds. The van der Waals surface area contributed by atoms with Crippen LogP contribution in [0, 0.1) is 5.41 Å². The number of hydrogen-bond donors (Lipinski definition) is 2. The van der Waals surface area contributed by atoms with Gasteiger partial charge in [-0.2, -0.15) is 0 Å². The summed E-state index contributed by atoms with van der Waals surface area (Å²) < 4.78 is 0. The molecule has 1 rings (SSSR count). The van der Waals surface area contributed by atoms with Crippen LogP contribution < -0.4 is 11.3 Å². The van der Waals surface area contributed by atoms with Crippen LogP contribution in [0.1, 0.15) is 20.3 Å². The van der Waals surface area contributed by atoms with E-state index in [-0.39, 0.29) is 0 Å². The highest BCUT2D eigenvalue weighted by atomic mass is 15.4. The van der Waals surface area contributed by atoms with Gasteiger partial charge in [0, 0.05) is 20.1 Å². The van der Waals surface area contributed by atoms with Crippen LogP contribution in [0.5, 0.6) is 0 Å². The molecule has 0 bridgehead atoms. The van der Waals surface area contributed by atoms with E-state index in [4.69, 9.17) is 5.84 Å². The first kappa shape index (κ1) is 9.32. The molecule has 0 aliphatic carbocycles. The molecule has 3 N–H and O–H groups in total. The van der Waals surface area contributed by atoms with E-state index in [1.807, 2.05) is 0 Å². The second-order valence-corrected chi connectivity index (χ2v) is 4.03. The van der Waals surface area contributed by atoms with Crippen LogP contribution in [0.4, 0.5) is 0 Å². The summed E-state index contributed by atoms with van der Waals surface area (Å²) in [7, 11) is 1.75. The van der Waals surface area contributed by atoms with Gasteiger partial charge in [0.25, 0.3) is 0 Å². The van der Waals surface area contributed by atoms with Crippen molar-refractivity contribution in [3.63, 3.8) is 0 Å². The predicted molar refractivity (Wildman–Crippen MR) is 50.7 cm³/mol.